The summed E-state index contributed by atoms with van der Waals surface area (Å²) in [4.78, 5) is 26.5. The lowest BCUT2D eigenvalue weighted by atomic mass is 9.99. The number of carbonyl (C=O) groups excluding carboxylic acids is 2. The highest BCUT2D eigenvalue weighted by atomic mass is 35.5. The van der Waals surface area contributed by atoms with E-state index in [0.717, 1.165) is 28.2 Å². The Hall–Kier alpha value is -0.910. The smallest absolute Gasteiger partial charge is 0.220 e. The minimum absolute atomic E-state index is 0. The Morgan fingerprint density at radius 1 is 1.22 bits per heavy atom. The van der Waals surface area contributed by atoms with Crippen molar-refractivity contribution >= 4 is 35.4 Å². The molecule has 0 radical (unpaired) electrons. The summed E-state index contributed by atoms with van der Waals surface area (Å²) < 4.78 is 0. The second-order valence-electron chi connectivity index (χ2n) is 6.62. The molecule has 0 saturated carbocycles. The lowest BCUT2D eigenvalue weighted by Gasteiger charge is -2.29. The van der Waals surface area contributed by atoms with Crippen LogP contribution >= 0.6 is 23.7 Å². The van der Waals surface area contributed by atoms with Gasteiger partial charge in [-0.2, -0.15) is 0 Å². The van der Waals surface area contributed by atoms with Crippen LogP contribution in [0.3, 0.4) is 0 Å². The van der Waals surface area contributed by atoms with Crippen LogP contribution in [0.25, 0.3) is 0 Å². The highest BCUT2D eigenvalue weighted by molar-refractivity contribution is 7.12. The summed E-state index contributed by atoms with van der Waals surface area (Å²) in [6.07, 6.45) is 5.11. The number of halogens is 1. The summed E-state index contributed by atoms with van der Waals surface area (Å²) in [6.45, 7) is 3.97. The van der Waals surface area contributed by atoms with Crippen LogP contribution in [-0.4, -0.2) is 29.8 Å². The van der Waals surface area contributed by atoms with Gasteiger partial charge in [0.1, 0.15) is 0 Å². The second-order valence-corrected chi connectivity index (χ2v) is 8.08. The van der Waals surface area contributed by atoms with Crippen LogP contribution in [0.4, 0.5) is 0 Å². The maximum Gasteiger partial charge on any atom is 0.220 e. The van der Waals surface area contributed by atoms with Gasteiger partial charge in [0, 0.05) is 46.3 Å². The summed E-state index contributed by atoms with van der Waals surface area (Å²) in [5.74, 6) is 0.103. The lowest BCUT2D eigenvalue weighted by molar-refractivity contribution is -0.122. The van der Waals surface area contributed by atoms with Crippen LogP contribution < -0.4 is 10.6 Å². The molecule has 2 aliphatic rings. The van der Waals surface area contributed by atoms with Gasteiger partial charge in [0.15, 0.2) is 5.78 Å². The van der Waals surface area contributed by atoms with E-state index in [1.165, 1.54) is 12.8 Å². The van der Waals surface area contributed by atoms with E-state index in [1.54, 1.807) is 11.3 Å². The van der Waals surface area contributed by atoms with E-state index >= 15 is 0 Å². The molecule has 1 aromatic heterocycles. The van der Waals surface area contributed by atoms with Gasteiger partial charge >= 0.3 is 0 Å². The maximum atomic E-state index is 12.2. The minimum atomic E-state index is 0. The molecular formula is C17H25ClN2O2S. The molecule has 2 N–H and O–H groups in total. The Kier molecular flexibility index (Phi) is 6.23. The fraction of sp³-hybridized carbons (Fsp3) is 0.647. The molecule has 2 unspecified atom stereocenters. The fourth-order valence-corrected chi connectivity index (χ4v) is 4.69. The Balaban J connectivity index is 0.00000192. The molecule has 3 rings (SSSR count). The number of hydrogen-bond acceptors (Lipinski definition) is 4. The normalized spacial score (nSPS) is 25.7. The first-order valence-electron chi connectivity index (χ1n) is 8.17. The summed E-state index contributed by atoms with van der Waals surface area (Å²) in [7, 11) is 0. The number of ketones is 1. The first-order valence-corrected chi connectivity index (χ1v) is 8.98. The van der Waals surface area contributed by atoms with Gasteiger partial charge < -0.3 is 10.6 Å². The Morgan fingerprint density at radius 3 is 2.43 bits per heavy atom. The molecule has 2 fully saturated rings. The van der Waals surface area contributed by atoms with E-state index < -0.39 is 0 Å². The molecule has 0 spiro atoms. The SMILES string of the molecule is Cc1cc(C(=O)CCC(=O)NC2CC3CCC(C2)N3)c(C)s1.Cl. The topological polar surface area (TPSA) is 58.2 Å². The first-order chi connectivity index (χ1) is 10.5. The zero-order valence-electron chi connectivity index (χ0n) is 13.7. The standard InChI is InChI=1S/C17H24N2O2S.ClH/c1-10-7-15(11(2)22-10)16(20)5-6-17(21)19-14-8-12-3-4-13(9-14)18-12;/h7,12-14,18H,3-6,8-9H2,1-2H3,(H,19,21);1H. The Bertz CT molecular complexity index is 575. The molecule has 2 atom stereocenters. The lowest BCUT2D eigenvalue weighted by Crippen LogP contribution is -2.48. The van der Waals surface area contributed by atoms with Gasteiger partial charge in [-0.05, 0) is 45.6 Å². The zero-order valence-corrected chi connectivity index (χ0v) is 15.3. The van der Waals surface area contributed by atoms with Crippen LogP contribution in [0.2, 0.25) is 0 Å². The molecule has 3 heterocycles. The van der Waals surface area contributed by atoms with Crippen molar-refractivity contribution in [2.75, 3.05) is 0 Å². The molecule has 2 bridgehead atoms. The number of amides is 1. The van der Waals surface area contributed by atoms with E-state index in [4.69, 9.17) is 0 Å². The van der Waals surface area contributed by atoms with E-state index in [-0.39, 0.29) is 30.1 Å². The van der Waals surface area contributed by atoms with Crippen molar-refractivity contribution in [2.24, 2.45) is 0 Å². The molecule has 4 nitrogen and oxygen atoms in total. The highest BCUT2D eigenvalue weighted by Gasteiger charge is 2.33. The van der Waals surface area contributed by atoms with E-state index in [2.05, 4.69) is 10.6 Å². The van der Waals surface area contributed by atoms with Gasteiger partial charge in [0.25, 0.3) is 0 Å². The van der Waals surface area contributed by atoms with Crippen LogP contribution in [0.15, 0.2) is 6.07 Å². The van der Waals surface area contributed by atoms with Crippen molar-refractivity contribution in [1.82, 2.24) is 10.6 Å². The predicted octanol–water partition coefficient (Wildman–Crippen LogP) is 3.15. The van der Waals surface area contributed by atoms with Gasteiger partial charge in [-0.3, -0.25) is 9.59 Å². The molecule has 128 valence electrons. The molecule has 2 aliphatic heterocycles. The fourth-order valence-electron chi connectivity index (χ4n) is 3.74. The van der Waals surface area contributed by atoms with Crippen LogP contribution in [0, 0.1) is 13.8 Å². The van der Waals surface area contributed by atoms with Gasteiger partial charge in [-0.15, -0.1) is 23.7 Å². The summed E-state index contributed by atoms with van der Waals surface area (Å²) in [6, 6.07) is 3.36. The number of thiophene rings is 1. The molecular weight excluding hydrogens is 332 g/mol. The Labute approximate surface area is 147 Å². The van der Waals surface area contributed by atoms with Crippen LogP contribution in [0.5, 0.6) is 0 Å². The summed E-state index contributed by atoms with van der Waals surface area (Å²) in [5, 5.41) is 6.69. The quantitative estimate of drug-likeness (QED) is 0.797. The molecule has 1 amide bonds. The van der Waals surface area contributed by atoms with Crippen LogP contribution in [-0.2, 0) is 4.79 Å². The highest BCUT2D eigenvalue weighted by Crippen LogP contribution is 2.27. The molecule has 1 aromatic rings. The van der Waals surface area contributed by atoms with Crippen molar-refractivity contribution in [3.63, 3.8) is 0 Å². The number of nitrogens with one attached hydrogen (secondary N) is 2. The van der Waals surface area contributed by atoms with E-state index in [0.29, 0.717) is 24.9 Å². The number of fused-ring (bicyclic) bond motifs is 2. The van der Waals surface area contributed by atoms with Gasteiger partial charge in [0.05, 0.1) is 0 Å². The van der Waals surface area contributed by atoms with E-state index in [9.17, 15) is 9.59 Å². The number of piperidine rings is 1. The third-order valence-corrected chi connectivity index (χ3v) is 5.72. The van der Waals surface area contributed by atoms with Gasteiger partial charge in [-0.25, -0.2) is 0 Å². The largest absolute Gasteiger partial charge is 0.353 e. The number of rotatable bonds is 5. The van der Waals surface area contributed by atoms with Crippen molar-refractivity contribution in [1.29, 1.82) is 0 Å². The predicted molar refractivity (Wildman–Crippen MR) is 95.7 cm³/mol. The summed E-state index contributed by atoms with van der Waals surface area (Å²) in [5.41, 5.74) is 0.787. The maximum absolute atomic E-state index is 12.2. The zero-order chi connectivity index (χ0) is 15.7. The number of hydrogen-bond donors (Lipinski definition) is 2. The van der Waals surface area contributed by atoms with Crippen LogP contribution in [0.1, 0.15) is 58.6 Å². The number of carbonyl (C=O) groups is 2. The van der Waals surface area contributed by atoms with Gasteiger partial charge in [-0.1, -0.05) is 0 Å². The monoisotopic (exact) mass is 356 g/mol. The molecule has 0 aromatic carbocycles. The molecule has 0 aliphatic carbocycles. The minimum Gasteiger partial charge on any atom is -0.353 e. The molecule has 6 heteroatoms. The third-order valence-electron chi connectivity index (χ3n) is 4.76. The molecule has 2 saturated heterocycles. The second kappa shape index (κ2) is 7.77. The summed E-state index contributed by atoms with van der Waals surface area (Å²) >= 11 is 1.64. The van der Waals surface area contributed by atoms with Crippen molar-refractivity contribution in [3.8, 4) is 0 Å². The van der Waals surface area contributed by atoms with Crippen molar-refractivity contribution in [2.45, 2.75) is 70.5 Å². The third kappa shape index (κ3) is 4.55. The average Bonchev–Trinajstić information content (AvgIpc) is 2.98. The molecule has 23 heavy (non-hydrogen) atoms. The van der Waals surface area contributed by atoms with Crippen molar-refractivity contribution < 1.29 is 9.59 Å². The number of aryl methyl sites for hydroxylation is 2. The van der Waals surface area contributed by atoms with Crippen molar-refractivity contribution in [3.05, 3.63) is 21.4 Å². The number of Topliss-reactive ketones (excluding diaryl/α,β-unsaturated/α-hetero) is 1. The average molecular weight is 357 g/mol. The Morgan fingerprint density at radius 2 is 1.87 bits per heavy atom. The van der Waals surface area contributed by atoms with Gasteiger partial charge in [0.2, 0.25) is 5.91 Å². The first kappa shape index (κ1) is 18.4. The van der Waals surface area contributed by atoms with E-state index in [1.807, 2.05) is 19.9 Å².